The van der Waals surface area contributed by atoms with E-state index in [0.29, 0.717) is 12.2 Å². The molecule has 0 aromatic rings. The van der Waals surface area contributed by atoms with Crippen LogP contribution >= 0.6 is 11.6 Å². The number of ketones is 1. The quantitative estimate of drug-likeness (QED) is 0.556. The standard InChI is InChI=1S/C7H5ClF2O/c1-4-2-7(9,10)3-5(8)6(4)11/h2-3H,1H3. The topological polar surface area (TPSA) is 17.1 Å². The normalized spacial score (nSPS) is 22.7. The highest BCUT2D eigenvalue weighted by atomic mass is 35.5. The number of carbonyl (C=O) groups is 1. The zero-order valence-electron chi connectivity index (χ0n) is 5.70. The molecule has 0 unspecified atom stereocenters. The Kier molecular flexibility index (Phi) is 1.84. The SMILES string of the molecule is CC1=CC(F)(F)C=C(Cl)C1=O. The first-order valence-electron chi connectivity index (χ1n) is 2.93. The van der Waals surface area contributed by atoms with E-state index in [1.54, 1.807) is 0 Å². The van der Waals surface area contributed by atoms with Crippen molar-refractivity contribution in [2.75, 3.05) is 0 Å². The van der Waals surface area contributed by atoms with Gasteiger partial charge in [-0.3, -0.25) is 4.79 Å². The van der Waals surface area contributed by atoms with E-state index in [4.69, 9.17) is 11.6 Å². The summed E-state index contributed by atoms with van der Waals surface area (Å²) in [6.07, 6.45) is 1.05. The van der Waals surface area contributed by atoms with E-state index in [1.807, 2.05) is 0 Å². The molecule has 1 aliphatic carbocycles. The van der Waals surface area contributed by atoms with Crippen LogP contribution in [0.4, 0.5) is 8.78 Å². The molecule has 1 rings (SSSR count). The molecule has 0 aromatic heterocycles. The van der Waals surface area contributed by atoms with Crippen molar-refractivity contribution < 1.29 is 13.6 Å². The number of alkyl halides is 2. The zero-order valence-corrected chi connectivity index (χ0v) is 6.45. The summed E-state index contributed by atoms with van der Waals surface area (Å²) in [5.74, 6) is -3.60. The minimum atomic E-state index is -3.07. The average molecular weight is 179 g/mol. The molecule has 1 aliphatic rings. The fourth-order valence-corrected chi connectivity index (χ4v) is 1.11. The number of carbonyl (C=O) groups excluding carboxylic acids is 1. The molecule has 1 nitrogen and oxygen atoms in total. The number of hydrogen-bond donors (Lipinski definition) is 0. The Labute approximate surface area is 67.3 Å². The van der Waals surface area contributed by atoms with Crippen molar-refractivity contribution in [2.24, 2.45) is 0 Å². The van der Waals surface area contributed by atoms with E-state index < -0.39 is 16.7 Å². The summed E-state index contributed by atoms with van der Waals surface area (Å²) in [5, 5.41) is -0.407. The van der Waals surface area contributed by atoms with Crippen molar-refractivity contribution in [3.8, 4) is 0 Å². The summed E-state index contributed by atoms with van der Waals surface area (Å²) in [5.41, 5.74) is -0.0116. The minimum Gasteiger partial charge on any atom is -0.288 e. The van der Waals surface area contributed by atoms with Gasteiger partial charge in [-0.1, -0.05) is 11.6 Å². The van der Waals surface area contributed by atoms with E-state index in [0.717, 1.165) is 0 Å². The molecule has 0 aliphatic heterocycles. The lowest BCUT2D eigenvalue weighted by Gasteiger charge is -2.13. The van der Waals surface area contributed by atoms with Gasteiger partial charge in [-0.05, 0) is 13.0 Å². The monoisotopic (exact) mass is 178 g/mol. The van der Waals surface area contributed by atoms with Gasteiger partial charge in [0.2, 0.25) is 0 Å². The highest BCUT2D eigenvalue weighted by Crippen LogP contribution is 2.28. The molecule has 11 heavy (non-hydrogen) atoms. The molecule has 0 aromatic carbocycles. The van der Waals surface area contributed by atoms with Gasteiger partial charge in [0.15, 0.2) is 5.78 Å². The Hall–Kier alpha value is -0.700. The van der Waals surface area contributed by atoms with Crippen molar-refractivity contribution >= 4 is 17.4 Å². The average Bonchev–Trinajstić information content (AvgIpc) is 1.81. The second-order valence-electron chi connectivity index (χ2n) is 2.32. The van der Waals surface area contributed by atoms with E-state index >= 15 is 0 Å². The maximum Gasteiger partial charge on any atom is 0.287 e. The lowest BCUT2D eigenvalue weighted by molar-refractivity contribution is -0.112. The van der Waals surface area contributed by atoms with Crippen LogP contribution in [0, 0.1) is 0 Å². The third kappa shape index (κ3) is 1.66. The van der Waals surface area contributed by atoms with E-state index in [1.165, 1.54) is 6.92 Å². The van der Waals surface area contributed by atoms with Crippen LogP contribution < -0.4 is 0 Å². The lowest BCUT2D eigenvalue weighted by Crippen LogP contribution is -2.18. The van der Waals surface area contributed by atoms with Crippen molar-refractivity contribution in [1.82, 2.24) is 0 Å². The molecule has 0 heterocycles. The summed E-state index contributed by atoms with van der Waals surface area (Å²) < 4.78 is 25.0. The molecule has 0 spiro atoms. The molecule has 0 saturated carbocycles. The van der Waals surface area contributed by atoms with Crippen LogP contribution in [-0.4, -0.2) is 11.7 Å². The Morgan fingerprint density at radius 1 is 1.45 bits per heavy atom. The minimum absolute atomic E-state index is 0.0116. The molecule has 4 heteroatoms. The molecular weight excluding hydrogens is 174 g/mol. The predicted octanol–water partition coefficient (Wildman–Crippen LogP) is 2.27. The van der Waals surface area contributed by atoms with E-state index in [9.17, 15) is 13.6 Å². The van der Waals surface area contributed by atoms with Crippen molar-refractivity contribution in [2.45, 2.75) is 12.8 Å². The van der Waals surface area contributed by atoms with Gasteiger partial charge in [0.25, 0.3) is 5.92 Å². The van der Waals surface area contributed by atoms with Gasteiger partial charge < -0.3 is 0 Å². The van der Waals surface area contributed by atoms with Gasteiger partial charge >= 0.3 is 0 Å². The summed E-state index contributed by atoms with van der Waals surface area (Å²) in [4.78, 5) is 10.8. The van der Waals surface area contributed by atoms with Crippen molar-refractivity contribution in [3.63, 3.8) is 0 Å². The summed E-state index contributed by atoms with van der Waals surface area (Å²) in [6.45, 7) is 1.31. The molecule has 0 fully saturated rings. The highest BCUT2D eigenvalue weighted by molar-refractivity contribution is 6.45. The molecule has 60 valence electrons. The molecule has 0 saturated heterocycles. The molecule has 0 amide bonds. The number of rotatable bonds is 0. The van der Waals surface area contributed by atoms with Crippen LogP contribution in [0.5, 0.6) is 0 Å². The van der Waals surface area contributed by atoms with Crippen LogP contribution in [-0.2, 0) is 4.79 Å². The largest absolute Gasteiger partial charge is 0.288 e. The van der Waals surface area contributed by atoms with E-state index in [2.05, 4.69) is 0 Å². The zero-order chi connectivity index (χ0) is 8.65. The van der Waals surface area contributed by atoms with Crippen LogP contribution in [0.3, 0.4) is 0 Å². The lowest BCUT2D eigenvalue weighted by atomic mass is 10.0. The van der Waals surface area contributed by atoms with Crippen LogP contribution in [0.15, 0.2) is 22.8 Å². The fourth-order valence-electron chi connectivity index (χ4n) is 0.819. The Bertz CT molecular complexity index is 242. The van der Waals surface area contributed by atoms with Gasteiger partial charge in [0, 0.05) is 11.6 Å². The summed E-state index contributed by atoms with van der Waals surface area (Å²) >= 11 is 5.24. The maximum atomic E-state index is 12.5. The molecule has 0 N–H and O–H groups in total. The number of hydrogen-bond acceptors (Lipinski definition) is 1. The molecule has 0 bridgehead atoms. The number of allylic oxidation sites excluding steroid dienone is 4. The van der Waals surface area contributed by atoms with Crippen LogP contribution in [0.1, 0.15) is 6.92 Å². The smallest absolute Gasteiger partial charge is 0.287 e. The third-order valence-corrected chi connectivity index (χ3v) is 1.58. The molecular formula is C7H5ClF2O. The second-order valence-corrected chi connectivity index (χ2v) is 2.73. The predicted molar refractivity (Wildman–Crippen MR) is 37.6 cm³/mol. The number of Topliss-reactive ketones (excluding diaryl/α,β-unsaturated/α-hetero) is 1. The first-order valence-corrected chi connectivity index (χ1v) is 3.30. The van der Waals surface area contributed by atoms with Gasteiger partial charge in [0.1, 0.15) is 0 Å². The van der Waals surface area contributed by atoms with Crippen molar-refractivity contribution in [3.05, 3.63) is 22.8 Å². The summed E-state index contributed by atoms with van der Waals surface area (Å²) in [7, 11) is 0. The van der Waals surface area contributed by atoms with Gasteiger partial charge in [0.05, 0.1) is 5.03 Å². The first kappa shape index (κ1) is 8.40. The maximum absolute atomic E-state index is 12.5. The fraction of sp³-hybridized carbons (Fsp3) is 0.286. The Morgan fingerprint density at radius 2 is 2.00 bits per heavy atom. The number of halogens is 3. The first-order chi connectivity index (χ1) is 4.92. The Morgan fingerprint density at radius 3 is 2.45 bits per heavy atom. The van der Waals surface area contributed by atoms with Gasteiger partial charge in [-0.15, -0.1) is 0 Å². The highest BCUT2D eigenvalue weighted by Gasteiger charge is 2.30. The summed E-state index contributed by atoms with van der Waals surface area (Å²) in [6, 6.07) is 0. The van der Waals surface area contributed by atoms with Gasteiger partial charge in [-0.2, -0.15) is 8.78 Å². The molecule has 0 radical (unpaired) electrons. The second kappa shape index (κ2) is 2.41. The Balaban J connectivity index is 3.08. The molecule has 0 atom stereocenters. The van der Waals surface area contributed by atoms with Crippen LogP contribution in [0.2, 0.25) is 0 Å². The van der Waals surface area contributed by atoms with Crippen LogP contribution in [0.25, 0.3) is 0 Å². The third-order valence-electron chi connectivity index (χ3n) is 1.30. The van der Waals surface area contributed by atoms with Crippen molar-refractivity contribution in [1.29, 1.82) is 0 Å². The van der Waals surface area contributed by atoms with E-state index in [-0.39, 0.29) is 5.57 Å². The van der Waals surface area contributed by atoms with Gasteiger partial charge in [-0.25, -0.2) is 0 Å².